The molecule has 0 radical (unpaired) electrons. The molecule has 0 amide bonds. The second-order valence-electron chi connectivity index (χ2n) is 3.64. The van der Waals surface area contributed by atoms with Crippen LogP contribution in [0.2, 0.25) is 0 Å². The molecule has 0 aliphatic carbocycles. The maximum atomic E-state index is 10.5. The van der Waals surface area contributed by atoms with Crippen LogP contribution in [0.1, 0.15) is 11.3 Å². The standard InChI is InChI=1S/C11H11NO4S/c1-8-6-9(7-16-17(13,14)15)12-11-5-3-2-4-10(8)11/h2-6H,7H2,1H3,(H,13,14,15). The van der Waals surface area contributed by atoms with Crippen LogP contribution >= 0.6 is 0 Å². The van der Waals surface area contributed by atoms with E-state index in [1.54, 1.807) is 6.07 Å². The fraction of sp³-hybridized carbons (Fsp3) is 0.182. The van der Waals surface area contributed by atoms with Crippen LogP contribution in [0, 0.1) is 6.92 Å². The smallest absolute Gasteiger partial charge is 0.264 e. The van der Waals surface area contributed by atoms with Crippen LogP contribution in [0.3, 0.4) is 0 Å². The number of hydrogen-bond donors (Lipinski definition) is 1. The highest BCUT2D eigenvalue weighted by Gasteiger charge is 2.07. The lowest BCUT2D eigenvalue weighted by molar-refractivity contribution is 0.256. The molecule has 0 saturated carbocycles. The van der Waals surface area contributed by atoms with Gasteiger partial charge in [-0.25, -0.2) is 4.18 Å². The zero-order chi connectivity index (χ0) is 12.5. The summed E-state index contributed by atoms with van der Waals surface area (Å²) >= 11 is 0. The largest absolute Gasteiger partial charge is 0.397 e. The van der Waals surface area contributed by atoms with Crippen molar-refractivity contribution in [2.75, 3.05) is 0 Å². The van der Waals surface area contributed by atoms with Crippen LogP contribution in [0.5, 0.6) is 0 Å². The normalized spacial score (nSPS) is 11.9. The first-order valence-electron chi connectivity index (χ1n) is 4.93. The molecule has 1 heterocycles. The molecule has 0 bridgehead atoms. The second kappa shape index (κ2) is 4.40. The third-order valence-electron chi connectivity index (χ3n) is 2.33. The predicted molar refractivity (Wildman–Crippen MR) is 62.8 cm³/mol. The molecule has 2 aromatic rings. The monoisotopic (exact) mass is 253 g/mol. The van der Waals surface area contributed by atoms with Crippen LogP contribution < -0.4 is 0 Å². The third kappa shape index (κ3) is 3.00. The van der Waals surface area contributed by atoms with Crippen molar-refractivity contribution in [3.63, 3.8) is 0 Å². The first-order chi connectivity index (χ1) is 7.96. The fourth-order valence-electron chi connectivity index (χ4n) is 1.63. The number of hydrogen-bond acceptors (Lipinski definition) is 4. The molecule has 6 heteroatoms. The van der Waals surface area contributed by atoms with Crippen molar-refractivity contribution in [3.8, 4) is 0 Å². The fourth-order valence-corrected chi connectivity index (χ4v) is 1.90. The molecule has 1 N–H and O–H groups in total. The van der Waals surface area contributed by atoms with Gasteiger partial charge in [-0.3, -0.25) is 9.54 Å². The van der Waals surface area contributed by atoms with Crippen molar-refractivity contribution >= 4 is 21.3 Å². The number of aryl methyl sites for hydroxylation is 1. The summed E-state index contributed by atoms with van der Waals surface area (Å²) in [6.45, 7) is 1.63. The Morgan fingerprint density at radius 3 is 2.76 bits per heavy atom. The lowest BCUT2D eigenvalue weighted by Gasteiger charge is -2.05. The van der Waals surface area contributed by atoms with Gasteiger partial charge in [-0.15, -0.1) is 0 Å². The zero-order valence-electron chi connectivity index (χ0n) is 9.12. The molecule has 2 rings (SSSR count). The molecule has 5 nitrogen and oxygen atoms in total. The Hall–Kier alpha value is -1.50. The van der Waals surface area contributed by atoms with Crippen molar-refractivity contribution in [2.24, 2.45) is 0 Å². The average molecular weight is 253 g/mol. The summed E-state index contributed by atoms with van der Waals surface area (Å²) in [6, 6.07) is 9.26. The third-order valence-corrected chi connectivity index (χ3v) is 2.75. The molecular formula is C11H11NO4S. The van der Waals surface area contributed by atoms with Crippen LogP contribution in [0.4, 0.5) is 0 Å². The number of fused-ring (bicyclic) bond motifs is 1. The molecule has 0 atom stereocenters. The Labute approximate surface area is 99.0 Å². The molecular weight excluding hydrogens is 242 g/mol. The molecule has 0 saturated heterocycles. The molecule has 0 aliphatic heterocycles. The first-order valence-corrected chi connectivity index (χ1v) is 6.29. The molecule has 1 aromatic heterocycles. The maximum Gasteiger partial charge on any atom is 0.397 e. The van der Waals surface area contributed by atoms with E-state index >= 15 is 0 Å². The van der Waals surface area contributed by atoms with Crippen molar-refractivity contribution in [1.29, 1.82) is 0 Å². The van der Waals surface area contributed by atoms with Crippen LogP contribution in [-0.2, 0) is 21.2 Å². The molecule has 0 aliphatic rings. The van der Waals surface area contributed by atoms with E-state index in [9.17, 15) is 8.42 Å². The molecule has 0 fully saturated rings. The number of para-hydroxylation sites is 1. The summed E-state index contributed by atoms with van der Waals surface area (Å²) in [5, 5.41) is 1.00. The molecule has 1 aromatic carbocycles. The van der Waals surface area contributed by atoms with Gasteiger partial charge in [0.05, 0.1) is 11.2 Å². The van der Waals surface area contributed by atoms with Crippen LogP contribution in [0.25, 0.3) is 10.9 Å². The van der Waals surface area contributed by atoms with Gasteiger partial charge in [-0.05, 0) is 24.6 Å². The van der Waals surface area contributed by atoms with E-state index in [0.717, 1.165) is 16.5 Å². The maximum absolute atomic E-state index is 10.5. The lowest BCUT2D eigenvalue weighted by Crippen LogP contribution is -2.05. The molecule has 17 heavy (non-hydrogen) atoms. The topological polar surface area (TPSA) is 76.5 Å². The van der Waals surface area contributed by atoms with Gasteiger partial charge in [-0.1, -0.05) is 18.2 Å². The molecule has 0 unspecified atom stereocenters. The van der Waals surface area contributed by atoms with E-state index in [-0.39, 0.29) is 6.61 Å². The summed E-state index contributed by atoms with van der Waals surface area (Å²) in [4.78, 5) is 4.24. The summed E-state index contributed by atoms with van der Waals surface area (Å²) in [6.07, 6.45) is 0. The van der Waals surface area contributed by atoms with E-state index in [1.807, 2.05) is 31.2 Å². The quantitative estimate of drug-likeness (QED) is 0.845. The highest BCUT2D eigenvalue weighted by molar-refractivity contribution is 7.80. The number of pyridine rings is 1. The highest BCUT2D eigenvalue weighted by Crippen LogP contribution is 2.17. The molecule has 90 valence electrons. The van der Waals surface area contributed by atoms with Gasteiger partial charge in [0, 0.05) is 5.39 Å². The number of rotatable bonds is 3. The minimum Gasteiger partial charge on any atom is -0.264 e. The number of aromatic nitrogens is 1. The summed E-state index contributed by atoms with van der Waals surface area (Å²) in [5.74, 6) is 0. The molecule has 0 spiro atoms. The number of benzene rings is 1. The van der Waals surface area contributed by atoms with Gasteiger partial charge in [0.2, 0.25) is 0 Å². The number of nitrogens with zero attached hydrogens (tertiary/aromatic N) is 1. The Morgan fingerprint density at radius 1 is 1.35 bits per heavy atom. The lowest BCUT2D eigenvalue weighted by atomic mass is 10.1. The van der Waals surface area contributed by atoms with Crippen LogP contribution in [0.15, 0.2) is 30.3 Å². The van der Waals surface area contributed by atoms with Gasteiger partial charge < -0.3 is 0 Å². The minimum absolute atomic E-state index is 0.273. The van der Waals surface area contributed by atoms with Gasteiger partial charge >= 0.3 is 10.4 Å². The van der Waals surface area contributed by atoms with E-state index in [1.165, 1.54) is 0 Å². The van der Waals surface area contributed by atoms with Gasteiger partial charge in [-0.2, -0.15) is 8.42 Å². The van der Waals surface area contributed by atoms with E-state index in [2.05, 4.69) is 9.17 Å². The van der Waals surface area contributed by atoms with Gasteiger partial charge in [0.1, 0.15) is 6.61 Å². The van der Waals surface area contributed by atoms with E-state index in [0.29, 0.717) is 5.69 Å². The second-order valence-corrected chi connectivity index (χ2v) is 4.73. The first kappa shape index (κ1) is 12.0. The van der Waals surface area contributed by atoms with E-state index < -0.39 is 10.4 Å². The minimum atomic E-state index is -4.43. The van der Waals surface area contributed by atoms with Gasteiger partial charge in [0.15, 0.2) is 0 Å². The van der Waals surface area contributed by atoms with Crippen molar-refractivity contribution in [3.05, 3.63) is 41.6 Å². The summed E-state index contributed by atoms with van der Waals surface area (Å²) in [7, 11) is -4.43. The summed E-state index contributed by atoms with van der Waals surface area (Å²) in [5.41, 5.74) is 2.20. The van der Waals surface area contributed by atoms with Crippen molar-refractivity contribution in [1.82, 2.24) is 4.98 Å². The van der Waals surface area contributed by atoms with Crippen molar-refractivity contribution in [2.45, 2.75) is 13.5 Å². The highest BCUT2D eigenvalue weighted by atomic mass is 32.3. The Kier molecular flexibility index (Phi) is 3.10. The Balaban J connectivity index is 2.37. The predicted octanol–water partition coefficient (Wildman–Crippen LogP) is 1.86. The van der Waals surface area contributed by atoms with Gasteiger partial charge in [0.25, 0.3) is 0 Å². The SMILES string of the molecule is Cc1cc(COS(=O)(=O)O)nc2ccccc12. The Bertz CT molecular complexity index is 652. The van der Waals surface area contributed by atoms with Crippen molar-refractivity contribution < 1.29 is 17.2 Å². The zero-order valence-corrected chi connectivity index (χ0v) is 9.94. The van der Waals surface area contributed by atoms with E-state index in [4.69, 9.17) is 4.55 Å². The van der Waals surface area contributed by atoms with Crippen LogP contribution in [-0.4, -0.2) is 18.0 Å². The average Bonchev–Trinajstić information content (AvgIpc) is 2.26. The summed E-state index contributed by atoms with van der Waals surface area (Å²) < 4.78 is 33.7. The Morgan fingerprint density at radius 2 is 2.06 bits per heavy atom.